The summed E-state index contributed by atoms with van der Waals surface area (Å²) in [5.74, 6) is 1.45. The van der Waals surface area contributed by atoms with E-state index >= 15 is 0 Å². The standard InChI is InChI=1S/C33H24N2O7/c1-39-25-15-7-21(8-16-25)32-27(29(34-41-32)19-3-11-23(36)12-4-19)31(38)28-30(20-5-13-24(37)14-6-20)35-42-33(28)22-9-17-26(40-2)18-10-22/h3-18,36-37H,1-2H3. The SMILES string of the molecule is COc1ccc(-c2onc(-c3ccc(O)cc3)c2C(=O)c2c(-c3ccc(O)cc3)noc2-c2ccc(OC)cc2)cc1. The maximum absolute atomic E-state index is 14.8. The highest BCUT2D eigenvalue weighted by atomic mass is 16.5. The molecular formula is C33H24N2O7. The van der Waals surface area contributed by atoms with Crippen molar-refractivity contribution in [3.8, 4) is 68.2 Å². The number of phenolic OH excluding ortho intramolecular Hbond substituents is 2. The van der Waals surface area contributed by atoms with Gasteiger partial charge in [-0.2, -0.15) is 0 Å². The van der Waals surface area contributed by atoms with Crippen molar-refractivity contribution in [3.63, 3.8) is 0 Å². The molecule has 6 aromatic rings. The van der Waals surface area contributed by atoms with Crippen molar-refractivity contribution in [3.05, 3.63) is 108 Å². The van der Waals surface area contributed by atoms with Crippen molar-refractivity contribution < 1.29 is 33.5 Å². The number of methoxy groups -OCH3 is 2. The van der Waals surface area contributed by atoms with Crippen LogP contribution in [0.5, 0.6) is 23.0 Å². The average molecular weight is 561 g/mol. The van der Waals surface area contributed by atoms with Gasteiger partial charge in [0.05, 0.1) is 25.3 Å². The highest BCUT2D eigenvalue weighted by Crippen LogP contribution is 2.40. The Morgan fingerprint density at radius 3 is 1.21 bits per heavy atom. The molecule has 2 N–H and O–H groups in total. The lowest BCUT2D eigenvalue weighted by Crippen LogP contribution is -2.06. The number of nitrogens with zero attached hydrogens (tertiary/aromatic N) is 2. The molecule has 0 bridgehead atoms. The van der Waals surface area contributed by atoms with Crippen molar-refractivity contribution >= 4 is 5.78 Å². The lowest BCUT2D eigenvalue weighted by molar-refractivity contribution is 0.104. The summed E-state index contributed by atoms with van der Waals surface area (Å²) in [6.45, 7) is 0. The third-order valence-corrected chi connectivity index (χ3v) is 6.82. The second-order valence-electron chi connectivity index (χ2n) is 9.35. The molecular weight excluding hydrogens is 536 g/mol. The molecule has 0 spiro atoms. The fourth-order valence-corrected chi connectivity index (χ4v) is 4.64. The molecule has 0 atom stereocenters. The van der Waals surface area contributed by atoms with Crippen molar-refractivity contribution in [1.82, 2.24) is 10.3 Å². The number of aromatic hydroxyl groups is 2. The van der Waals surface area contributed by atoms with Crippen molar-refractivity contribution in [1.29, 1.82) is 0 Å². The van der Waals surface area contributed by atoms with Crippen LogP contribution in [-0.4, -0.2) is 40.5 Å². The van der Waals surface area contributed by atoms with Gasteiger partial charge in [-0.05, 0) is 97.1 Å². The minimum absolute atomic E-state index is 0.0703. The van der Waals surface area contributed by atoms with E-state index in [4.69, 9.17) is 18.5 Å². The highest BCUT2D eigenvalue weighted by molar-refractivity contribution is 6.20. The van der Waals surface area contributed by atoms with Gasteiger partial charge in [0.2, 0.25) is 5.78 Å². The summed E-state index contributed by atoms with van der Waals surface area (Å²) in [7, 11) is 3.14. The molecule has 0 amide bonds. The molecule has 0 aliphatic carbocycles. The van der Waals surface area contributed by atoms with E-state index in [1.165, 1.54) is 24.3 Å². The van der Waals surface area contributed by atoms with Crippen LogP contribution in [0, 0.1) is 0 Å². The topological polar surface area (TPSA) is 128 Å². The predicted octanol–water partition coefficient (Wildman–Crippen LogP) is 6.99. The summed E-state index contributed by atoms with van der Waals surface area (Å²) in [6.07, 6.45) is 0. The minimum Gasteiger partial charge on any atom is -0.508 e. The molecule has 0 unspecified atom stereocenters. The smallest absolute Gasteiger partial charge is 0.205 e. The zero-order valence-corrected chi connectivity index (χ0v) is 22.6. The molecule has 4 aromatic carbocycles. The molecule has 42 heavy (non-hydrogen) atoms. The van der Waals surface area contributed by atoms with Gasteiger partial charge in [-0.1, -0.05) is 10.3 Å². The van der Waals surface area contributed by atoms with E-state index < -0.39 is 5.78 Å². The molecule has 208 valence electrons. The molecule has 0 aliphatic heterocycles. The number of ether oxygens (including phenoxy) is 2. The summed E-state index contributed by atoms with van der Waals surface area (Å²) >= 11 is 0. The van der Waals surface area contributed by atoms with Crippen LogP contribution in [0.4, 0.5) is 0 Å². The molecule has 9 heteroatoms. The first-order chi connectivity index (χ1) is 20.5. The van der Waals surface area contributed by atoms with E-state index in [0.29, 0.717) is 33.8 Å². The van der Waals surface area contributed by atoms with E-state index in [0.717, 1.165) is 0 Å². The lowest BCUT2D eigenvalue weighted by atomic mass is 9.91. The molecule has 6 rings (SSSR count). The molecule has 2 heterocycles. The summed E-state index contributed by atoms with van der Waals surface area (Å²) in [4.78, 5) is 14.8. The van der Waals surface area contributed by atoms with E-state index in [9.17, 15) is 15.0 Å². The van der Waals surface area contributed by atoms with Crippen LogP contribution in [-0.2, 0) is 0 Å². The third kappa shape index (κ3) is 4.84. The van der Waals surface area contributed by atoms with Crippen molar-refractivity contribution in [2.45, 2.75) is 0 Å². The summed E-state index contributed by atoms with van der Waals surface area (Å²) in [5, 5.41) is 28.3. The quantitative estimate of drug-likeness (QED) is 0.189. The largest absolute Gasteiger partial charge is 0.508 e. The first kappa shape index (κ1) is 26.4. The van der Waals surface area contributed by atoms with Crippen LogP contribution < -0.4 is 9.47 Å². The van der Waals surface area contributed by atoms with Gasteiger partial charge in [0.15, 0.2) is 11.5 Å². The van der Waals surface area contributed by atoms with Gasteiger partial charge in [-0.3, -0.25) is 4.79 Å². The normalized spacial score (nSPS) is 10.9. The van der Waals surface area contributed by atoms with Crippen LogP contribution in [0.1, 0.15) is 15.9 Å². The molecule has 0 aliphatic rings. The van der Waals surface area contributed by atoms with E-state index in [2.05, 4.69) is 10.3 Å². The minimum atomic E-state index is -0.444. The number of hydrogen-bond donors (Lipinski definition) is 2. The number of phenols is 2. The number of rotatable bonds is 8. The number of ketones is 1. The number of aromatic nitrogens is 2. The van der Waals surface area contributed by atoms with Crippen LogP contribution in [0.15, 0.2) is 106 Å². The van der Waals surface area contributed by atoms with Gasteiger partial charge in [0.25, 0.3) is 0 Å². The summed E-state index contributed by atoms with van der Waals surface area (Å²) in [6, 6.07) is 26.8. The van der Waals surface area contributed by atoms with Crippen LogP contribution in [0.2, 0.25) is 0 Å². The number of hydrogen-bond acceptors (Lipinski definition) is 9. The maximum atomic E-state index is 14.8. The predicted molar refractivity (Wildman–Crippen MR) is 155 cm³/mol. The lowest BCUT2D eigenvalue weighted by Gasteiger charge is -2.08. The zero-order chi connectivity index (χ0) is 29.2. The second kappa shape index (κ2) is 11.0. The Kier molecular flexibility index (Phi) is 6.90. The van der Waals surface area contributed by atoms with E-state index in [1.807, 2.05) is 0 Å². The maximum Gasteiger partial charge on any atom is 0.205 e. The molecule has 2 aromatic heterocycles. The van der Waals surface area contributed by atoms with Gasteiger partial charge < -0.3 is 28.7 Å². The third-order valence-electron chi connectivity index (χ3n) is 6.82. The summed E-state index contributed by atoms with van der Waals surface area (Å²) in [5.41, 5.74) is 3.26. The highest BCUT2D eigenvalue weighted by Gasteiger charge is 2.33. The van der Waals surface area contributed by atoms with Crippen LogP contribution >= 0.6 is 0 Å². The van der Waals surface area contributed by atoms with Crippen LogP contribution in [0.25, 0.3) is 45.2 Å². The average Bonchev–Trinajstić information content (AvgIpc) is 3.67. The Bertz CT molecular complexity index is 1720. The van der Waals surface area contributed by atoms with Crippen LogP contribution in [0.3, 0.4) is 0 Å². The van der Waals surface area contributed by atoms with Gasteiger partial charge in [0.1, 0.15) is 34.4 Å². The first-order valence-corrected chi connectivity index (χ1v) is 12.9. The summed E-state index contributed by atoms with van der Waals surface area (Å²) < 4.78 is 22.2. The number of benzene rings is 4. The fraction of sp³-hybridized carbons (Fsp3) is 0.0606. The number of carbonyl (C=O) groups is 1. The van der Waals surface area contributed by atoms with Gasteiger partial charge in [-0.15, -0.1) is 0 Å². The van der Waals surface area contributed by atoms with Gasteiger partial charge >= 0.3 is 0 Å². The first-order valence-electron chi connectivity index (χ1n) is 12.9. The fourth-order valence-electron chi connectivity index (χ4n) is 4.64. The monoisotopic (exact) mass is 560 g/mol. The Hall–Kier alpha value is -5.83. The Balaban J connectivity index is 1.59. The molecule has 0 fully saturated rings. The van der Waals surface area contributed by atoms with Gasteiger partial charge in [-0.25, -0.2) is 0 Å². The second-order valence-corrected chi connectivity index (χ2v) is 9.35. The zero-order valence-electron chi connectivity index (χ0n) is 22.6. The van der Waals surface area contributed by atoms with Crippen molar-refractivity contribution in [2.75, 3.05) is 14.2 Å². The molecule has 0 radical (unpaired) electrons. The number of carbonyl (C=O) groups excluding carboxylic acids is 1. The Morgan fingerprint density at radius 2 is 0.881 bits per heavy atom. The molecule has 0 saturated heterocycles. The van der Waals surface area contributed by atoms with E-state index in [-0.39, 0.29) is 45.5 Å². The van der Waals surface area contributed by atoms with Gasteiger partial charge in [0, 0.05) is 22.3 Å². The van der Waals surface area contributed by atoms with Crippen molar-refractivity contribution in [2.24, 2.45) is 0 Å². The molecule has 0 saturated carbocycles. The Morgan fingerprint density at radius 1 is 0.548 bits per heavy atom. The Labute approximate surface area is 240 Å². The van der Waals surface area contributed by atoms with E-state index in [1.54, 1.807) is 87.0 Å². The molecule has 9 nitrogen and oxygen atoms in total.